The van der Waals surface area contributed by atoms with Crippen molar-refractivity contribution >= 4 is 6.08 Å². The summed E-state index contributed by atoms with van der Waals surface area (Å²) in [5.74, 6) is -0.230. The van der Waals surface area contributed by atoms with E-state index in [1.807, 2.05) is 6.07 Å². The highest BCUT2D eigenvalue weighted by Crippen LogP contribution is 2.25. The normalized spacial score (nSPS) is 11.1. The number of aliphatic hydroxyl groups excluding tert-OH is 8. The molecule has 8 heteroatoms. The summed E-state index contributed by atoms with van der Waals surface area (Å²) in [4.78, 5) is 0. The maximum atomic E-state index is 9.79. The van der Waals surface area contributed by atoms with Crippen molar-refractivity contribution in [1.82, 2.24) is 0 Å². The zero-order valence-corrected chi connectivity index (χ0v) is 14.9. The molecule has 0 saturated heterocycles. The summed E-state index contributed by atoms with van der Waals surface area (Å²) >= 11 is 0. The molecule has 0 heterocycles. The molecule has 1 rings (SSSR count). The molecule has 0 aliphatic rings. The zero-order chi connectivity index (χ0) is 20.3. The molecule has 8 N–H and O–H groups in total. The van der Waals surface area contributed by atoms with E-state index in [2.05, 4.69) is 0 Å². The molecule has 0 unspecified atom stereocenters. The third kappa shape index (κ3) is 11.9. The fourth-order valence-corrected chi connectivity index (χ4v) is 1.39. The van der Waals surface area contributed by atoms with Gasteiger partial charge in [-0.15, -0.1) is 0 Å². The minimum Gasteiger partial charge on any atom is -0.511 e. The Balaban J connectivity index is 0. The van der Waals surface area contributed by atoms with Gasteiger partial charge < -0.3 is 40.9 Å². The van der Waals surface area contributed by atoms with Crippen molar-refractivity contribution in [2.45, 2.75) is 12.8 Å². The highest BCUT2D eigenvalue weighted by molar-refractivity contribution is 5.52. The van der Waals surface area contributed by atoms with Crippen LogP contribution in [0.3, 0.4) is 0 Å². The third-order valence-electron chi connectivity index (χ3n) is 3.19. The Morgan fingerprint density at radius 3 is 1.35 bits per heavy atom. The van der Waals surface area contributed by atoms with Gasteiger partial charge in [0.05, 0.1) is 25.2 Å². The third-order valence-corrected chi connectivity index (χ3v) is 3.19. The first-order valence-corrected chi connectivity index (χ1v) is 8.24. The number of hydrogen-bond donors (Lipinski definition) is 8. The van der Waals surface area contributed by atoms with Gasteiger partial charge in [-0.25, -0.2) is 0 Å². The quantitative estimate of drug-likeness (QED) is 0.262. The molecule has 0 spiro atoms. The SMILES string of the molecule is OCC(CO)(CO)C(O)=Cc1ccccc1.OCCCO.OCCCO. The van der Waals surface area contributed by atoms with Gasteiger partial charge in [0.25, 0.3) is 0 Å². The van der Waals surface area contributed by atoms with Gasteiger partial charge in [-0.1, -0.05) is 30.3 Å². The van der Waals surface area contributed by atoms with Crippen LogP contribution in [0.1, 0.15) is 18.4 Å². The molecular formula is C18H32O8. The first-order chi connectivity index (χ1) is 12.5. The Labute approximate surface area is 153 Å². The van der Waals surface area contributed by atoms with Crippen LogP contribution in [0, 0.1) is 5.41 Å². The molecule has 152 valence electrons. The second-order valence-corrected chi connectivity index (χ2v) is 5.30. The fraction of sp³-hybridized carbons (Fsp3) is 0.556. The standard InChI is InChI=1S/C12H16O4.2C3H8O2/c13-7-12(8-14,9-15)11(16)6-10-4-2-1-3-5-10;2*4-2-1-3-5/h1-6,13-16H,7-9H2;2*4-5H,1-3H2. The summed E-state index contributed by atoms with van der Waals surface area (Å²) in [6.45, 7) is -1.18. The maximum Gasteiger partial charge on any atom is 0.106 e. The minimum absolute atomic E-state index is 0.0938. The highest BCUT2D eigenvalue weighted by Gasteiger charge is 2.32. The van der Waals surface area contributed by atoms with Crippen molar-refractivity contribution in [1.29, 1.82) is 0 Å². The van der Waals surface area contributed by atoms with Crippen LogP contribution in [0.4, 0.5) is 0 Å². The molecule has 0 aromatic heterocycles. The van der Waals surface area contributed by atoms with Gasteiger partial charge in [-0.05, 0) is 24.5 Å². The van der Waals surface area contributed by atoms with Crippen LogP contribution in [-0.4, -0.2) is 87.1 Å². The molecule has 1 aromatic carbocycles. The fourth-order valence-electron chi connectivity index (χ4n) is 1.39. The number of aliphatic hydroxyl groups is 8. The first-order valence-electron chi connectivity index (χ1n) is 8.24. The van der Waals surface area contributed by atoms with Gasteiger partial charge in [0, 0.05) is 26.4 Å². The summed E-state index contributed by atoms with van der Waals surface area (Å²) in [6.07, 6.45) is 2.42. The van der Waals surface area contributed by atoms with Crippen LogP contribution in [0.15, 0.2) is 36.1 Å². The molecule has 0 aliphatic heterocycles. The Bertz CT molecular complexity index is 414. The second-order valence-electron chi connectivity index (χ2n) is 5.30. The molecule has 0 saturated carbocycles. The number of benzene rings is 1. The topological polar surface area (TPSA) is 162 Å². The van der Waals surface area contributed by atoms with E-state index in [0.29, 0.717) is 12.8 Å². The van der Waals surface area contributed by atoms with Crippen molar-refractivity contribution < 1.29 is 40.9 Å². The van der Waals surface area contributed by atoms with Gasteiger partial charge >= 0.3 is 0 Å². The molecule has 0 atom stereocenters. The van der Waals surface area contributed by atoms with Crippen molar-refractivity contribution in [2.75, 3.05) is 46.2 Å². The smallest absolute Gasteiger partial charge is 0.106 e. The lowest BCUT2D eigenvalue weighted by Crippen LogP contribution is -2.36. The van der Waals surface area contributed by atoms with Crippen LogP contribution in [0.2, 0.25) is 0 Å². The minimum atomic E-state index is -1.38. The van der Waals surface area contributed by atoms with Crippen LogP contribution in [0.25, 0.3) is 6.08 Å². The molecule has 0 bridgehead atoms. The summed E-state index contributed by atoms with van der Waals surface area (Å²) in [7, 11) is 0. The van der Waals surface area contributed by atoms with Gasteiger partial charge in [0.2, 0.25) is 0 Å². The summed E-state index contributed by atoms with van der Waals surface area (Å²) < 4.78 is 0. The number of hydrogen-bond acceptors (Lipinski definition) is 8. The highest BCUT2D eigenvalue weighted by atomic mass is 16.3. The van der Waals surface area contributed by atoms with Gasteiger partial charge in [-0.3, -0.25) is 0 Å². The predicted octanol–water partition coefficient (Wildman–Crippen LogP) is -0.729. The van der Waals surface area contributed by atoms with E-state index in [-0.39, 0.29) is 32.2 Å². The van der Waals surface area contributed by atoms with Crippen molar-refractivity contribution in [3.63, 3.8) is 0 Å². The van der Waals surface area contributed by atoms with Crippen molar-refractivity contribution in [3.8, 4) is 0 Å². The Hall–Kier alpha value is -1.52. The monoisotopic (exact) mass is 376 g/mol. The molecule has 0 fully saturated rings. The lowest BCUT2D eigenvalue weighted by molar-refractivity contribution is 0.00639. The molecule has 0 radical (unpaired) electrons. The van der Waals surface area contributed by atoms with Crippen LogP contribution in [-0.2, 0) is 0 Å². The molecule has 0 aliphatic carbocycles. The van der Waals surface area contributed by atoms with E-state index in [4.69, 9.17) is 35.7 Å². The molecule has 1 aromatic rings. The Morgan fingerprint density at radius 1 is 0.692 bits per heavy atom. The van der Waals surface area contributed by atoms with E-state index in [1.165, 1.54) is 6.08 Å². The predicted molar refractivity (Wildman–Crippen MR) is 98.3 cm³/mol. The Morgan fingerprint density at radius 2 is 1.08 bits per heavy atom. The van der Waals surface area contributed by atoms with E-state index in [0.717, 1.165) is 5.56 Å². The van der Waals surface area contributed by atoms with Crippen LogP contribution >= 0.6 is 0 Å². The average Bonchev–Trinajstić information content (AvgIpc) is 2.67. The molecular weight excluding hydrogens is 344 g/mol. The van der Waals surface area contributed by atoms with E-state index < -0.39 is 25.2 Å². The molecule has 8 nitrogen and oxygen atoms in total. The lowest BCUT2D eigenvalue weighted by atomic mass is 9.87. The zero-order valence-electron chi connectivity index (χ0n) is 14.9. The van der Waals surface area contributed by atoms with Gasteiger partial charge in [0.15, 0.2) is 0 Å². The Kier molecular flexibility index (Phi) is 18.8. The molecule has 0 amide bonds. The molecule has 26 heavy (non-hydrogen) atoms. The van der Waals surface area contributed by atoms with Crippen molar-refractivity contribution in [2.24, 2.45) is 5.41 Å². The van der Waals surface area contributed by atoms with E-state index in [9.17, 15) is 5.11 Å². The summed E-state index contributed by atoms with van der Waals surface area (Å²) in [6, 6.07) is 8.99. The first kappa shape index (κ1) is 26.7. The van der Waals surface area contributed by atoms with Gasteiger partial charge in [0.1, 0.15) is 5.76 Å². The van der Waals surface area contributed by atoms with E-state index >= 15 is 0 Å². The average molecular weight is 376 g/mol. The summed E-state index contributed by atoms with van der Waals surface area (Å²) in [5, 5.41) is 68.7. The number of rotatable bonds is 9. The largest absolute Gasteiger partial charge is 0.511 e. The van der Waals surface area contributed by atoms with Crippen LogP contribution in [0.5, 0.6) is 0 Å². The lowest BCUT2D eigenvalue weighted by Gasteiger charge is -2.26. The second kappa shape index (κ2) is 18.3. The van der Waals surface area contributed by atoms with Crippen molar-refractivity contribution in [3.05, 3.63) is 41.7 Å². The maximum absolute atomic E-state index is 9.79. The summed E-state index contributed by atoms with van der Waals surface area (Å²) in [5.41, 5.74) is -0.643. The van der Waals surface area contributed by atoms with E-state index in [1.54, 1.807) is 24.3 Å². The van der Waals surface area contributed by atoms with Crippen LogP contribution < -0.4 is 0 Å². The van der Waals surface area contributed by atoms with Gasteiger partial charge in [-0.2, -0.15) is 0 Å².